The Morgan fingerprint density at radius 2 is 1.94 bits per heavy atom. The fourth-order valence-electron chi connectivity index (χ4n) is 1.25. The van der Waals surface area contributed by atoms with E-state index in [1.807, 2.05) is 0 Å². The van der Waals surface area contributed by atoms with Crippen molar-refractivity contribution in [3.05, 3.63) is 34.1 Å². The zero-order valence-corrected chi connectivity index (χ0v) is 10.2. The highest BCUT2D eigenvalue weighted by Gasteiger charge is 2.27. The summed E-state index contributed by atoms with van der Waals surface area (Å²) in [7, 11) is 0. The lowest BCUT2D eigenvalue weighted by molar-refractivity contribution is -0.143. The molecular weight excluding hydrogens is 304 g/mol. The quantitative estimate of drug-likeness (QED) is 0.767. The highest BCUT2D eigenvalue weighted by Crippen LogP contribution is 2.23. The van der Waals surface area contributed by atoms with Gasteiger partial charge in [-0.05, 0) is 17.7 Å². The number of Topliss-reactive ketones (excluding diaryl/α,β-unsaturated/α-hetero) is 1. The number of ketones is 1. The standard InChI is InChI=1S/C11H9BrF4O/c12-10-6-8(13)2-1-7(10)5-9(17)3-4-11(14,15)16/h1-2,6H,3-5H2. The monoisotopic (exact) mass is 312 g/mol. The van der Waals surface area contributed by atoms with E-state index in [0.717, 1.165) is 6.07 Å². The third-order valence-electron chi connectivity index (χ3n) is 2.09. The van der Waals surface area contributed by atoms with Crippen LogP contribution in [0.3, 0.4) is 0 Å². The molecule has 0 atom stereocenters. The number of hydrogen-bond donors (Lipinski definition) is 0. The minimum atomic E-state index is -4.32. The van der Waals surface area contributed by atoms with Crippen molar-refractivity contribution in [1.29, 1.82) is 0 Å². The molecule has 0 saturated heterocycles. The third-order valence-corrected chi connectivity index (χ3v) is 2.83. The third kappa shape index (κ3) is 5.30. The van der Waals surface area contributed by atoms with Crippen molar-refractivity contribution in [1.82, 2.24) is 0 Å². The molecule has 0 amide bonds. The minimum Gasteiger partial charge on any atom is -0.299 e. The Morgan fingerprint density at radius 1 is 1.29 bits per heavy atom. The molecule has 94 valence electrons. The van der Waals surface area contributed by atoms with Gasteiger partial charge >= 0.3 is 6.18 Å². The Bertz CT molecular complexity index is 414. The van der Waals surface area contributed by atoms with Gasteiger partial charge in [-0.25, -0.2) is 4.39 Å². The summed E-state index contributed by atoms with van der Waals surface area (Å²) in [6, 6.07) is 3.72. The molecule has 0 saturated carbocycles. The molecule has 0 aliphatic rings. The summed E-state index contributed by atoms with van der Waals surface area (Å²) in [6.45, 7) is 0. The van der Waals surface area contributed by atoms with Crippen molar-refractivity contribution < 1.29 is 22.4 Å². The summed E-state index contributed by atoms with van der Waals surface area (Å²) in [6.07, 6.45) is -6.12. The lowest BCUT2D eigenvalue weighted by Crippen LogP contribution is -2.12. The van der Waals surface area contributed by atoms with Gasteiger partial charge in [0, 0.05) is 17.3 Å². The number of carbonyl (C=O) groups is 1. The highest BCUT2D eigenvalue weighted by molar-refractivity contribution is 9.10. The van der Waals surface area contributed by atoms with Crippen LogP contribution in [0.15, 0.2) is 22.7 Å². The fraction of sp³-hybridized carbons (Fsp3) is 0.364. The summed E-state index contributed by atoms with van der Waals surface area (Å²) in [5.41, 5.74) is 0.485. The topological polar surface area (TPSA) is 17.1 Å². The van der Waals surface area contributed by atoms with E-state index < -0.39 is 30.6 Å². The molecule has 0 heterocycles. The van der Waals surface area contributed by atoms with Crippen molar-refractivity contribution >= 4 is 21.7 Å². The van der Waals surface area contributed by atoms with E-state index in [1.165, 1.54) is 12.1 Å². The van der Waals surface area contributed by atoms with Gasteiger partial charge in [-0.3, -0.25) is 4.79 Å². The van der Waals surface area contributed by atoms with Gasteiger partial charge < -0.3 is 0 Å². The van der Waals surface area contributed by atoms with Crippen LogP contribution >= 0.6 is 15.9 Å². The van der Waals surface area contributed by atoms with Crippen LogP contribution in [0.2, 0.25) is 0 Å². The molecule has 0 spiro atoms. The van der Waals surface area contributed by atoms with E-state index in [2.05, 4.69) is 15.9 Å². The summed E-state index contributed by atoms with van der Waals surface area (Å²) in [5.74, 6) is -0.988. The molecule has 0 aliphatic carbocycles. The molecule has 0 N–H and O–H groups in total. The average Bonchev–Trinajstić information content (AvgIpc) is 2.18. The van der Waals surface area contributed by atoms with E-state index in [9.17, 15) is 22.4 Å². The average molecular weight is 313 g/mol. The van der Waals surface area contributed by atoms with Crippen LogP contribution < -0.4 is 0 Å². The molecule has 1 aromatic rings. The van der Waals surface area contributed by atoms with Crippen LogP contribution in [-0.2, 0) is 11.2 Å². The van der Waals surface area contributed by atoms with E-state index in [0.29, 0.717) is 10.0 Å². The van der Waals surface area contributed by atoms with Crippen molar-refractivity contribution in [2.75, 3.05) is 0 Å². The summed E-state index contributed by atoms with van der Waals surface area (Å²) >= 11 is 3.05. The maximum absolute atomic E-state index is 12.7. The van der Waals surface area contributed by atoms with E-state index in [4.69, 9.17) is 0 Å². The lowest BCUT2D eigenvalue weighted by Gasteiger charge is -2.06. The normalized spacial score (nSPS) is 11.6. The van der Waals surface area contributed by atoms with Crippen LogP contribution in [0.25, 0.3) is 0 Å². The van der Waals surface area contributed by atoms with Crippen LogP contribution in [0.1, 0.15) is 18.4 Å². The van der Waals surface area contributed by atoms with Crippen LogP contribution in [0, 0.1) is 5.82 Å². The molecule has 1 aromatic carbocycles. The van der Waals surface area contributed by atoms with Gasteiger partial charge in [-0.15, -0.1) is 0 Å². The van der Waals surface area contributed by atoms with Gasteiger partial charge in [0.15, 0.2) is 0 Å². The Hall–Kier alpha value is -0.910. The lowest BCUT2D eigenvalue weighted by atomic mass is 10.1. The van der Waals surface area contributed by atoms with Crippen molar-refractivity contribution in [3.8, 4) is 0 Å². The van der Waals surface area contributed by atoms with E-state index in [-0.39, 0.29) is 6.42 Å². The Morgan fingerprint density at radius 3 is 2.47 bits per heavy atom. The van der Waals surface area contributed by atoms with Gasteiger partial charge in [-0.1, -0.05) is 22.0 Å². The first-order chi connectivity index (χ1) is 7.78. The van der Waals surface area contributed by atoms with Gasteiger partial charge in [0.05, 0.1) is 6.42 Å². The predicted octanol–water partition coefficient (Wildman–Crippen LogP) is 4.04. The first-order valence-corrected chi connectivity index (χ1v) is 5.59. The van der Waals surface area contributed by atoms with Crippen LogP contribution in [0.4, 0.5) is 17.6 Å². The highest BCUT2D eigenvalue weighted by atomic mass is 79.9. The molecule has 1 rings (SSSR count). The number of halogens is 5. The molecule has 0 unspecified atom stereocenters. The van der Waals surface area contributed by atoms with Crippen molar-refractivity contribution in [3.63, 3.8) is 0 Å². The fourth-order valence-corrected chi connectivity index (χ4v) is 1.74. The van der Waals surface area contributed by atoms with E-state index in [1.54, 1.807) is 0 Å². The molecule has 0 bridgehead atoms. The number of alkyl halides is 3. The molecule has 0 radical (unpaired) electrons. The SMILES string of the molecule is O=C(CCC(F)(F)F)Cc1ccc(F)cc1Br. The molecule has 6 heteroatoms. The number of benzene rings is 1. The smallest absolute Gasteiger partial charge is 0.299 e. The Labute approximate surface area is 104 Å². The van der Waals surface area contributed by atoms with Crippen LogP contribution in [0.5, 0.6) is 0 Å². The molecular formula is C11H9BrF4O. The van der Waals surface area contributed by atoms with Gasteiger partial charge in [-0.2, -0.15) is 13.2 Å². The van der Waals surface area contributed by atoms with Crippen molar-refractivity contribution in [2.24, 2.45) is 0 Å². The van der Waals surface area contributed by atoms with Crippen molar-refractivity contribution in [2.45, 2.75) is 25.4 Å². The molecule has 17 heavy (non-hydrogen) atoms. The first-order valence-electron chi connectivity index (χ1n) is 4.80. The Kier molecular flexibility index (Phi) is 4.68. The summed E-state index contributed by atoms with van der Waals surface area (Å²) in [4.78, 5) is 11.3. The van der Waals surface area contributed by atoms with E-state index >= 15 is 0 Å². The minimum absolute atomic E-state index is 0.128. The predicted molar refractivity (Wildman–Crippen MR) is 58.1 cm³/mol. The maximum atomic E-state index is 12.7. The Balaban J connectivity index is 2.57. The summed E-state index contributed by atoms with van der Waals surface area (Å²) in [5, 5.41) is 0. The number of rotatable bonds is 4. The second kappa shape index (κ2) is 5.62. The second-order valence-electron chi connectivity index (χ2n) is 3.57. The number of carbonyl (C=O) groups excluding carboxylic acids is 1. The molecule has 0 fully saturated rings. The van der Waals surface area contributed by atoms with Gasteiger partial charge in [0.1, 0.15) is 11.6 Å². The van der Waals surface area contributed by atoms with Gasteiger partial charge in [0.2, 0.25) is 0 Å². The molecule has 0 aromatic heterocycles. The summed E-state index contributed by atoms with van der Waals surface area (Å²) < 4.78 is 48.7. The largest absolute Gasteiger partial charge is 0.389 e. The zero-order valence-electron chi connectivity index (χ0n) is 8.65. The number of hydrogen-bond acceptors (Lipinski definition) is 1. The van der Waals surface area contributed by atoms with Crippen LogP contribution in [-0.4, -0.2) is 12.0 Å². The first kappa shape index (κ1) is 14.2. The molecule has 1 nitrogen and oxygen atoms in total. The van der Waals surface area contributed by atoms with Gasteiger partial charge in [0.25, 0.3) is 0 Å². The maximum Gasteiger partial charge on any atom is 0.389 e. The second-order valence-corrected chi connectivity index (χ2v) is 4.42. The molecule has 0 aliphatic heterocycles. The zero-order chi connectivity index (χ0) is 13.1.